The molecule has 154 valence electrons. The van der Waals surface area contributed by atoms with E-state index in [2.05, 4.69) is 17.0 Å². The molecule has 4 heteroatoms. The van der Waals surface area contributed by atoms with E-state index >= 15 is 0 Å². The predicted octanol–water partition coefficient (Wildman–Crippen LogP) is 5.21. The third kappa shape index (κ3) is 4.07. The van der Waals surface area contributed by atoms with Crippen molar-refractivity contribution in [2.45, 2.75) is 76.7 Å². The molecule has 2 fully saturated rings. The van der Waals surface area contributed by atoms with Crippen molar-refractivity contribution in [3.63, 3.8) is 0 Å². The van der Waals surface area contributed by atoms with Crippen molar-refractivity contribution in [1.29, 1.82) is 0 Å². The van der Waals surface area contributed by atoms with Gasteiger partial charge in [-0.3, -0.25) is 4.90 Å². The van der Waals surface area contributed by atoms with E-state index in [1.807, 2.05) is 13.0 Å². The number of rotatable bonds is 5. The molecule has 1 aromatic carbocycles. The molecule has 28 heavy (non-hydrogen) atoms. The fourth-order valence-corrected chi connectivity index (χ4v) is 5.65. The molecule has 2 aliphatic carbocycles. The smallest absolute Gasteiger partial charge is 0.410 e. The van der Waals surface area contributed by atoms with Crippen LogP contribution in [0.4, 0.5) is 4.79 Å². The second-order valence-corrected chi connectivity index (χ2v) is 9.04. The number of benzene rings is 1. The lowest BCUT2D eigenvalue weighted by Crippen LogP contribution is -2.36. The lowest BCUT2D eigenvalue weighted by molar-refractivity contribution is 0.164. The van der Waals surface area contributed by atoms with Gasteiger partial charge in [0.15, 0.2) is 0 Å². The van der Waals surface area contributed by atoms with E-state index in [4.69, 9.17) is 4.74 Å². The maximum atomic E-state index is 12.2. The Morgan fingerprint density at radius 3 is 2.79 bits per heavy atom. The second-order valence-electron chi connectivity index (χ2n) is 9.04. The van der Waals surface area contributed by atoms with Crippen LogP contribution >= 0.6 is 0 Å². The third-order valence-electron chi connectivity index (χ3n) is 7.45. The highest BCUT2D eigenvalue weighted by atomic mass is 16.6. The molecule has 2 atom stereocenters. The maximum absolute atomic E-state index is 12.2. The normalized spacial score (nSPS) is 25.2. The Labute approximate surface area is 170 Å². The highest BCUT2D eigenvalue weighted by Crippen LogP contribution is 2.44. The summed E-state index contributed by atoms with van der Waals surface area (Å²) in [5.41, 5.74) is 2.71. The van der Waals surface area contributed by atoms with Crippen molar-refractivity contribution in [3.05, 3.63) is 29.3 Å². The number of hydrogen-bond acceptors (Lipinski definition) is 3. The van der Waals surface area contributed by atoms with E-state index in [9.17, 15) is 4.79 Å². The van der Waals surface area contributed by atoms with Crippen LogP contribution in [0.3, 0.4) is 0 Å². The quantitative estimate of drug-likeness (QED) is 0.698. The second kappa shape index (κ2) is 8.86. The number of fused-ring (bicyclic) bond motifs is 3. The Morgan fingerprint density at radius 2 is 2.00 bits per heavy atom. The van der Waals surface area contributed by atoms with Crippen LogP contribution in [0.25, 0.3) is 0 Å². The van der Waals surface area contributed by atoms with Crippen molar-refractivity contribution in [3.8, 4) is 5.75 Å². The molecule has 1 amide bonds. The van der Waals surface area contributed by atoms with E-state index < -0.39 is 0 Å². The van der Waals surface area contributed by atoms with Crippen molar-refractivity contribution < 1.29 is 9.53 Å². The van der Waals surface area contributed by atoms with Crippen LogP contribution < -0.4 is 4.74 Å². The molecule has 1 aliphatic heterocycles. The number of ether oxygens (including phenoxy) is 1. The number of carbonyl (C=O) groups excluding carboxylic acids is 1. The number of amides is 1. The van der Waals surface area contributed by atoms with E-state index in [1.165, 1.54) is 75.6 Å². The van der Waals surface area contributed by atoms with Gasteiger partial charge in [-0.15, -0.1) is 0 Å². The van der Waals surface area contributed by atoms with Gasteiger partial charge in [0, 0.05) is 25.6 Å². The molecule has 0 unspecified atom stereocenters. The third-order valence-corrected chi connectivity index (χ3v) is 7.45. The Bertz CT molecular complexity index is 683. The minimum Gasteiger partial charge on any atom is -0.410 e. The molecule has 1 saturated carbocycles. The zero-order chi connectivity index (χ0) is 19.5. The van der Waals surface area contributed by atoms with Crippen LogP contribution in [-0.2, 0) is 6.42 Å². The zero-order valence-corrected chi connectivity index (χ0v) is 17.7. The van der Waals surface area contributed by atoms with E-state index in [-0.39, 0.29) is 6.09 Å². The van der Waals surface area contributed by atoms with Crippen molar-refractivity contribution in [2.75, 3.05) is 26.7 Å². The van der Waals surface area contributed by atoms with Crippen molar-refractivity contribution in [2.24, 2.45) is 5.92 Å². The number of carbonyl (C=O) groups is 1. The molecular weight excluding hydrogens is 348 g/mol. The number of hydrogen-bond donors (Lipinski definition) is 0. The first kappa shape index (κ1) is 19.8. The minimum atomic E-state index is -0.251. The van der Waals surface area contributed by atoms with Gasteiger partial charge in [-0.2, -0.15) is 0 Å². The van der Waals surface area contributed by atoms with Gasteiger partial charge in [-0.05, 0) is 68.8 Å². The van der Waals surface area contributed by atoms with Crippen LogP contribution in [0.2, 0.25) is 0 Å². The largest absolute Gasteiger partial charge is 0.414 e. The molecule has 0 radical (unpaired) electrons. The molecule has 0 aromatic heterocycles. The predicted molar refractivity (Wildman–Crippen MR) is 113 cm³/mol. The average Bonchev–Trinajstić information content (AvgIpc) is 3.16. The molecule has 4 rings (SSSR count). The molecule has 0 N–H and O–H groups in total. The summed E-state index contributed by atoms with van der Waals surface area (Å²) in [6.07, 6.45) is 11.8. The summed E-state index contributed by atoms with van der Waals surface area (Å²) in [7, 11) is 1.79. The molecular formula is C24H36N2O2. The zero-order valence-electron chi connectivity index (χ0n) is 17.7. The molecule has 1 heterocycles. The Hall–Kier alpha value is -1.55. The number of likely N-dealkylation sites (tertiary alicyclic amines) is 1. The Morgan fingerprint density at radius 1 is 1.18 bits per heavy atom. The summed E-state index contributed by atoms with van der Waals surface area (Å²) in [5.74, 6) is 2.35. The van der Waals surface area contributed by atoms with Crippen LogP contribution in [-0.4, -0.2) is 48.6 Å². The molecule has 0 spiro atoms. The topological polar surface area (TPSA) is 32.8 Å². The summed E-state index contributed by atoms with van der Waals surface area (Å²) >= 11 is 0. The highest BCUT2D eigenvalue weighted by Gasteiger charge is 2.39. The summed E-state index contributed by atoms with van der Waals surface area (Å²) < 4.78 is 5.74. The van der Waals surface area contributed by atoms with Crippen LogP contribution in [0, 0.1) is 5.92 Å². The lowest BCUT2D eigenvalue weighted by Gasteiger charge is -2.35. The molecule has 3 aliphatic rings. The summed E-state index contributed by atoms with van der Waals surface area (Å²) in [4.78, 5) is 16.6. The van der Waals surface area contributed by atoms with Crippen LogP contribution in [0.5, 0.6) is 5.75 Å². The van der Waals surface area contributed by atoms with Crippen LogP contribution in [0.1, 0.15) is 75.3 Å². The van der Waals surface area contributed by atoms with Gasteiger partial charge in [-0.25, -0.2) is 4.79 Å². The maximum Gasteiger partial charge on any atom is 0.414 e. The minimum absolute atomic E-state index is 0.251. The standard InChI is InChI=1S/C24H36N2O2/c1-3-25(2)24(27)28-23-11-7-10-19-20-15-17-26(22(20)13-12-21(19)23)16-14-18-8-5-4-6-9-18/h7,10-11,18,20,22H,3-6,8-9,12-17H2,1-2H3/t20-,22+/m1/s1. The van der Waals surface area contributed by atoms with Gasteiger partial charge in [0.25, 0.3) is 0 Å². The first-order valence-corrected chi connectivity index (χ1v) is 11.5. The van der Waals surface area contributed by atoms with Gasteiger partial charge in [-0.1, -0.05) is 44.2 Å². The summed E-state index contributed by atoms with van der Waals surface area (Å²) in [6, 6.07) is 6.99. The first-order chi connectivity index (χ1) is 13.7. The SMILES string of the molecule is CCN(C)C(=O)Oc1cccc2c1CC[C@H]1[C@@H]2CCN1CCC1CCCCC1. The fourth-order valence-electron chi connectivity index (χ4n) is 5.65. The molecule has 1 aromatic rings. The molecule has 0 bridgehead atoms. The van der Waals surface area contributed by atoms with Crippen molar-refractivity contribution >= 4 is 6.09 Å². The van der Waals surface area contributed by atoms with Crippen molar-refractivity contribution in [1.82, 2.24) is 9.80 Å². The Balaban J connectivity index is 1.42. The summed E-state index contributed by atoms with van der Waals surface area (Å²) in [6.45, 7) is 5.13. The van der Waals surface area contributed by atoms with Gasteiger partial charge in [0.1, 0.15) is 5.75 Å². The van der Waals surface area contributed by atoms with Gasteiger partial charge >= 0.3 is 6.09 Å². The number of nitrogens with zero attached hydrogens (tertiary/aromatic N) is 2. The van der Waals surface area contributed by atoms with E-state index in [0.29, 0.717) is 18.5 Å². The fraction of sp³-hybridized carbons (Fsp3) is 0.708. The molecule has 4 nitrogen and oxygen atoms in total. The summed E-state index contributed by atoms with van der Waals surface area (Å²) in [5, 5.41) is 0. The van der Waals surface area contributed by atoms with Gasteiger partial charge < -0.3 is 9.64 Å². The highest BCUT2D eigenvalue weighted by molar-refractivity contribution is 5.71. The first-order valence-electron chi connectivity index (χ1n) is 11.5. The van der Waals surface area contributed by atoms with Gasteiger partial charge in [0.2, 0.25) is 0 Å². The lowest BCUT2D eigenvalue weighted by atomic mass is 9.79. The van der Waals surface area contributed by atoms with Crippen LogP contribution in [0.15, 0.2) is 18.2 Å². The van der Waals surface area contributed by atoms with E-state index in [1.54, 1.807) is 11.9 Å². The average molecular weight is 385 g/mol. The molecule has 1 saturated heterocycles. The monoisotopic (exact) mass is 384 g/mol. The van der Waals surface area contributed by atoms with E-state index in [0.717, 1.165) is 18.1 Å². The Kier molecular flexibility index (Phi) is 6.25. The van der Waals surface area contributed by atoms with Gasteiger partial charge in [0.05, 0.1) is 0 Å².